The summed E-state index contributed by atoms with van der Waals surface area (Å²) in [4.78, 5) is 57.5. The predicted molar refractivity (Wildman–Crippen MR) is 197 cm³/mol. The van der Waals surface area contributed by atoms with Crippen molar-refractivity contribution in [3.8, 4) is 0 Å². The third-order valence-corrected chi connectivity index (χ3v) is 7.26. The van der Waals surface area contributed by atoms with Crippen LogP contribution in [0.3, 0.4) is 0 Å². The van der Waals surface area contributed by atoms with Gasteiger partial charge in [0, 0.05) is 38.3 Å². The smallest absolute Gasteiger partial charge is 0.243 e. The van der Waals surface area contributed by atoms with Crippen LogP contribution in [0.25, 0.3) is 0 Å². The van der Waals surface area contributed by atoms with Gasteiger partial charge in [-0.1, -0.05) is 63.3 Å². The number of aliphatic imine (C=N–C) groups is 1. The zero-order valence-electron chi connectivity index (χ0n) is 29.1. The molecule has 270 valence electrons. The van der Waals surface area contributed by atoms with Gasteiger partial charge in [0.05, 0.1) is 17.6 Å². The molecule has 12 N–H and O–H groups in total. The van der Waals surface area contributed by atoms with Crippen LogP contribution < -0.4 is 49.1 Å². The lowest BCUT2D eigenvalue weighted by molar-refractivity contribution is -0.133. The van der Waals surface area contributed by atoms with Gasteiger partial charge in [-0.3, -0.25) is 24.2 Å². The Morgan fingerprint density at radius 2 is 1.44 bits per heavy atom. The van der Waals surface area contributed by atoms with E-state index in [-0.39, 0.29) is 31.0 Å². The molecule has 0 heterocycles. The van der Waals surface area contributed by atoms with Crippen molar-refractivity contribution < 1.29 is 19.2 Å². The van der Waals surface area contributed by atoms with Gasteiger partial charge in [0.15, 0.2) is 11.7 Å². The molecule has 0 spiro atoms. The number of rotatable bonds is 24. The quantitative estimate of drug-likeness (QED) is 0.0313. The highest BCUT2D eigenvalue weighted by Crippen LogP contribution is 2.10. The van der Waals surface area contributed by atoms with Crippen LogP contribution in [0.4, 0.5) is 0 Å². The molecule has 14 nitrogen and oxygen atoms in total. The molecule has 0 aliphatic rings. The van der Waals surface area contributed by atoms with Crippen molar-refractivity contribution >= 4 is 47.2 Å². The van der Waals surface area contributed by atoms with Gasteiger partial charge in [-0.25, -0.2) is 0 Å². The molecule has 4 atom stereocenters. The van der Waals surface area contributed by atoms with E-state index in [1.807, 2.05) is 44.2 Å². The fraction of sp³-hybridized carbons (Fsp3) is 0.576. The van der Waals surface area contributed by atoms with E-state index in [4.69, 9.17) is 29.4 Å². The molecule has 0 fully saturated rings. The Kier molecular flexibility index (Phi) is 24.6. The number of Topliss-reactive ketones (excluding diaryl/α,β-unsaturated/α-hetero) is 1. The largest absolute Gasteiger partial charge is 0.393 e. The average Bonchev–Trinajstić information content (AvgIpc) is 3.08. The van der Waals surface area contributed by atoms with Crippen molar-refractivity contribution in [2.24, 2.45) is 22.2 Å². The molecule has 3 amide bonds. The second kappa shape index (κ2) is 26.9. The molecule has 48 heavy (non-hydrogen) atoms. The molecule has 0 saturated heterocycles. The molecule has 0 aromatic heterocycles. The number of likely N-dealkylation sites (N-methyl/N-ethyl adjacent to an activating group) is 1. The number of benzene rings is 1. The van der Waals surface area contributed by atoms with Crippen LogP contribution in [0.2, 0.25) is 0 Å². The number of ketones is 1. The summed E-state index contributed by atoms with van der Waals surface area (Å²) < 4.78 is 0. The summed E-state index contributed by atoms with van der Waals surface area (Å²) in [6.45, 7) is 6.50. The molecule has 1 aromatic carbocycles. The van der Waals surface area contributed by atoms with Gasteiger partial charge in [0.1, 0.15) is 12.1 Å². The summed E-state index contributed by atoms with van der Waals surface area (Å²) in [7, 11) is 3.33. The molecule has 15 heteroatoms. The van der Waals surface area contributed by atoms with E-state index in [0.717, 1.165) is 5.56 Å². The summed E-state index contributed by atoms with van der Waals surface area (Å²) in [5.41, 5.74) is 19.2. The predicted octanol–water partition coefficient (Wildman–Crippen LogP) is 0.457. The molecule has 1 rings (SSSR count). The van der Waals surface area contributed by atoms with Crippen molar-refractivity contribution in [1.82, 2.24) is 31.9 Å². The van der Waals surface area contributed by atoms with E-state index in [9.17, 15) is 19.2 Å². The van der Waals surface area contributed by atoms with E-state index < -0.39 is 41.9 Å². The number of hydrogen-bond acceptors (Lipinski definition) is 9. The average molecular weight is 691 g/mol. The molecule has 0 aliphatic carbocycles. The third kappa shape index (κ3) is 18.3. The minimum Gasteiger partial charge on any atom is -0.393 e. The van der Waals surface area contributed by atoms with Crippen molar-refractivity contribution in [3.63, 3.8) is 0 Å². The van der Waals surface area contributed by atoms with Crippen LogP contribution in [0.15, 0.2) is 47.2 Å². The Morgan fingerprint density at radius 1 is 0.854 bits per heavy atom. The van der Waals surface area contributed by atoms with Crippen molar-refractivity contribution in [1.29, 1.82) is 0 Å². The topological polar surface area (TPSA) is 231 Å². The lowest BCUT2D eigenvalue weighted by atomic mass is 9.99. The van der Waals surface area contributed by atoms with Crippen molar-refractivity contribution in [3.05, 3.63) is 47.8 Å². The maximum absolute atomic E-state index is 13.8. The summed E-state index contributed by atoms with van der Waals surface area (Å²) >= 11 is 4.95. The van der Waals surface area contributed by atoms with E-state index >= 15 is 0 Å². The number of thiocarbonyl (C=S) groups is 1. The zero-order chi connectivity index (χ0) is 36.3. The fourth-order valence-corrected chi connectivity index (χ4v) is 4.82. The number of carbonyl (C=O) groups is 4. The minimum absolute atomic E-state index is 0.0346. The number of carbonyl (C=O) groups excluding carboxylic acids is 4. The van der Waals surface area contributed by atoms with Crippen molar-refractivity contribution in [2.45, 2.75) is 96.3 Å². The highest BCUT2D eigenvalue weighted by atomic mass is 32.1. The van der Waals surface area contributed by atoms with Crippen LogP contribution in [0.5, 0.6) is 0 Å². The summed E-state index contributed by atoms with van der Waals surface area (Å²) in [6, 6.07) is 5.93. The second-order valence-electron chi connectivity index (χ2n) is 10.7. The third-order valence-electron chi connectivity index (χ3n) is 7.15. The van der Waals surface area contributed by atoms with Gasteiger partial charge >= 0.3 is 0 Å². The molecule has 0 bridgehead atoms. The molecular weight excluding hydrogens is 632 g/mol. The van der Waals surface area contributed by atoms with Crippen molar-refractivity contribution in [2.75, 3.05) is 27.2 Å². The number of guanidine groups is 1. The molecule has 4 unspecified atom stereocenters. The number of nitrogens with one attached hydrogen (secondary N) is 6. The summed E-state index contributed by atoms with van der Waals surface area (Å²) in [5, 5.41) is 17.2. The van der Waals surface area contributed by atoms with Gasteiger partial charge in [-0.15, -0.1) is 0 Å². The molecule has 0 radical (unpaired) electrons. The Balaban J connectivity index is 0.0000108. The first-order valence-electron chi connectivity index (χ1n) is 16.6. The lowest BCUT2D eigenvalue weighted by Crippen LogP contribution is -2.57. The highest BCUT2D eigenvalue weighted by Gasteiger charge is 2.31. The zero-order valence-corrected chi connectivity index (χ0v) is 30.0. The van der Waals surface area contributed by atoms with Crippen LogP contribution in [-0.4, -0.2) is 86.3 Å². The van der Waals surface area contributed by atoms with Crippen LogP contribution >= 0.6 is 12.2 Å². The first-order chi connectivity index (χ1) is 23.1. The SMILES string of the molecule is CC.CCC(=O)C(Cc1ccccc1)NC(=O)C(CCCCN)NC(=O)C(C/C(=C/NC)NC=S)NC(=O)C(CCCN=C(N)N)NC. The lowest BCUT2D eigenvalue weighted by Gasteiger charge is -2.27. The molecule has 0 aliphatic heterocycles. The minimum atomic E-state index is -1.08. The maximum atomic E-state index is 13.8. The molecule has 0 saturated carbocycles. The van der Waals surface area contributed by atoms with Crippen LogP contribution in [0, 0.1) is 0 Å². The number of amides is 3. The Morgan fingerprint density at radius 3 is 2.00 bits per heavy atom. The van der Waals surface area contributed by atoms with Gasteiger partial charge in [-0.05, 0) is 57.7 Å². The number of nitrogens with two attached hydrogens (primary N) is 3. The first kappa shape index (κ1) is 43.9. The summed E-state index contributed by atoms with van der Waals surface area (Å²) in [5.74, 6) is -1.65. The number of hydrogen-bond donors (Lipinski definition) is 9. The molecule has 1 aromatic rings. The fourth-order valence-electron chi connectivity index (χ4n) is 4.67. The van der Waals surface area contributed by atoms with Gasteiger partial charge in [0.2, 0.25) is 17.7 Å². The number of unbranched alkanes of at least 4 members (excludes halogenated alkanes) is 1. The van der Waals surface area contributed by atoms with Gasteiger partial charge < -0.3 is 49.1 Å². The highest BCUT2D eigenvalue weighted by molar-refractivity contribution is 7.78. The van der Waals surface area contributed by atoms with Gasteiger partial charge in [-0.2, -0.15) is 0 Å². The summed E-state index contributed by atoms with van der Waals surface area (Å²) in [6.07, 6.45) is 4.63. The Bertz CT molecular complexity index is 1160. The van der Waals surface area contributed by atoms with Crippen LogP contribution in [-0.2, 0) is 25.6 Å². The number of nitrogens with zero attached hydrogens (tertiary/aromatic N) is 1. The first-order valence-corrected chi connectivity index (χ1v) is 17.0. The Hall–Kier alpha value is -4.08. The second-order valence-corrected chi connectivity index (χ2v) is 10.9. The Labute approximate surface area is 291 Å². The molecular formula is C33H58N10O4S. The normalized spacial score (nSPS) is 13.2. The van der Waals surface area contributed by atoms with E-state index in [2.05, 4.69) is 36.9 Å². The van der Waals surface area contributed by atoms with Gasteiger partial charge in [0.25, 0.3) is 0 Å². The van der Waals surface area contributed by atoms with E-state index in [1.165, 1.54) is 5.49 Å². The van der Waals surface area contributed by atoms with E-state index in [1.54, 1.807) is 27.2 Å². The van der Waals surface area contributed by atoms with Crippen LogP contribution in [0.1, 0.15) is 71.3 Å². The monoisotopic (exact) mass is 690 g/mol. The van der Waals surface area contributed by atoms with E-state index in [0.29, 0.717) is 50.9 Å². The maximum Gasteiger partial charge on any atom is 0.243 e. The standard InChI is InChI=1S/C31H52N10O4S.C2H6/c1-4-27(42)25(17-21-11-6-5-7-12-21)40-29(44)24(13-8-9-15-32)39-30(45)26(18-22(19-35-2)38-20-46)41-28(43)23(36-3)14-10-16-37-31(33)34;1-2/h5-7,11-12,19-20,23-26,35-36H,4,8-10,13-18,32H2,1-3H3,(H,38,46)(H,39,45)(H,40,44)(H,41,43)(H4,33,34,37);1-2H3/b22-19-;.